The molecule has 2 saturated carbocycles. The van der Waals surface area contributed by atoms with Crippen molar-refractivity contribution in [3.63, 3.8) is 0 Å². The largest absolute Gasteiger partial charge is 0.373 e. The molecule has 1 aromatic carbocycles. The van der Waals surface area contributed by atoms with Gasteiger partial charge in [-0.1, -0.05) is 68.2 Å². The van der Waals surface area contributed by atoms with Crippen LogP contribution >= 0.6 is 0 Å². The summed E-state index contributed by atoms with van der Waals surface area (Å²) >= 11 is 0. The molecule has 1 aliphatic heterocycles. The van der Waals surface area contributed by atoms with E-state index in [4.69, 9.17) is 5.73 Å². The third-order valence-corrected chi connectivity index (χ3v) is 10.8. The number of likely N-dealkylation sites (N-methyl/N-ethyl adjacent to an activating group) is 1. The van der Waals surface area contributed by atoms with Gasteiger partial charge in [0.05, 0.1) is 12.1 Å². The average Bonchev–Trinajstić information content (AvgIpc) is 3.82. The van der Waals surface area contributed by atoms with Gasteiger partial charge in [0.15, 0.2) is 0 Å². The van der Waals surface area contributed by atoms with E-state index in [0.29, 0.717) is 18.7 Å². The number of nitrogens with two attached hydrogens (primary N) is 1. The van der Waals surface area contributed by atoms with E-state index < -0.39 is 75.4 Å². The molecule has 49 heavy (non-hydrogen) atoms. The molecule has 1 unspecified atom stereocenters. The van der Waals surface area contributed by atoms with Gasteiger partial charge in [-0.25, -0.2) is 4.79 Å². The van der Waals surface area contributed by atoms with Crippen LogP contribution in [-0.4, -0.2) is 92.8 Å². The maximum Gasteiger partial charge on any atom is 0.315 e. The number of anilines is 2. The number of amides is 5. The summed E-state index contributed by atoms with van der Waals surface area (Å²) in [6.07, 6.45) is 2.13. The fraction of sp³-hybridized carbons (Fsp3) is 0.743. The molecule has 2 aliphatic carbocycles. The molecular formula is C35H55N7O7. The van der Waals surface area contributed by atoms with Gasteiger partial charge in [-0.2, -0.15) is 0 Å². The highest BCUT2D eigenvalue weighted by Gasteiger charge is 2.70. The standard InChI is InChI=1S/C35H55N7O7/c1-33(2,3)20(16-41(11)24-23(40(9)10)26(44)27(24)45)38-32(49)39-28(34(4,5)6)31(48)42-15-18-21(35(18,7)8)22(42)30(47)37-19(14-17-12-13-17)25(43)29(36)46/h17-22,28H,12-16H2,1-11H3,(H2,36,46)(H,37,47)(H2,38,39,49)/t18-,19?,20+,21-,22-,28+/m0/s1. The number of urea groups is 1. The lowest BCUT2D eigenvalue weighted by atomic mass is 9.84. The lowest BCUT2D eigenvalue weighted by molar-refractivity contribution is -0.145. The molecule has 1 heterocycles. The Bertz CT molecular complexity index is 1580. The zero-order valence-electron chi connectivity index (χ0n) is 30.9. The summed E-state index contributed by atoms with van der Waals surface area (Å²) in [5.41, 5.74) is 3.33. The Hall–Kier alpha value is -3.97. The predicted octanol–water partition coefficient (Wildman–Crippen LogP) is 0.736. The number of piperidine rings is 1. The van der Waals surface area contributed by atoms with E-state index in [2.05, 4.69) is 16.0 Å². The van der Waals surface area contributed by atoms with E-state index in [1.54, 1.807) is 30.9 Å². The van der Waals surface area contributed by atoms with Gasteiger partial charge in [-0.3, -0.25) is 28.8 Å². The highest BCUT2D eigenvalue weighted by Crippen LogP contribution is 2.65. The summed E-state index contributed by atoms with van der Waals surface area (Å²) in [6, 6.07) is -4.06. The van der Waals surface area contributed by atoms with Gasteiger partial charge >= 0.3 is 6.03 Å². The summed E-state index contributed by atoms with van der Waals surface area (Å²) < 4.78 is 0. The molecule has 1 aromatic rings. The van der Waals surface area contributed by atoms with Gasteiger partial charge in [0, 0.05) is 34.2 Å². The number of fused-ring (bicyclic) bond motifs is 1. The number of carbonyl (C=O) groups excluding carboxylic acids is 5. The summed E-state index contributed by atoms with van der Waals surface area (Å²) in [6.45, 7) is 15.9. The fourth-order valence-electron chi connectivity index (χ4n) is 7.34. The predicted molar refractivity (Wildman–Crippen MR) is 187 cm³/mol. The molecule has 272 valence electrons. The van der Waals surface area contributed by atoms with Crippen molar-refractivity contribution in [3.05, 3.63) is 20.4 Å². The molecule has 5 N–H and O–H groups in total. The number of hydrogen-bond acceptors (Lipinski definition) is 9. The van der Waals surface area contributed by atoms with Crippen LogP contribution < -0.4 is 42.3 Å². The van der Waals surface area contributed by atoms with Crippen LogP contribution in [0, 0.1) is 34.0 Å². The van der Waals surface area contributed by atoms with Crippen LogP contribution in [0.5, 0.6) is 0 Å². The molecule has 0 aromatic heterocycles. The molecule has 0 spiro atoms. The SMILES string of the molecule is CN(C)c1c(N(C)C[C@@H](NC(=O)N[C@H](C(=O)N2C[C@H]3[C@@H]([C@H]2C(=O)NC(CC2CC2)C(=O)C(N)=O)C3(C)C)C(C)(C)C)C(C)(C)C)c(=O)c1=O. The van der Waals surface area contributed by atoms with Gasteiger partial charge in [-0.15, -0.1) is 0 Å². The van der Waals surface area contributed by atoms with Gasteiger partial charge < -0.3 is 36.4 Å². The average molecular weight is 686 g/mol. The maximum absolute atomic E-state index is 14.4. The summed E-state index contributed by atoms with van der Waals surface area (Å²) in [4.78, 5) is 95.8. The molecule has 1 saturated heterocycles. The van der Waals surface area contributed by atoms with Crippen molar-refractivity contribution in [1.29, 1.82) is 0 Å². The van der Waals surface area contributed by atoms with Crippen LogP contribution in [0.2, 0.25) is 0 Å². The highest BCUT2D eigenvalue weighted by molar-refractivity contribution is 6.37. The van der Waals surface area contributed by atoms with Crippen LogP contribution in [0.25, 0.3) is 0 Å². The normalized spacial score (nSPS) is 23.2. The Labute approximate surface area is 288 Å². The molecular weight excluding hydrogens is 630 g/mol. The van der Waals surface area contributed by atoms with Crippen LogP contribution in [0.3, 0.4) is 0 Å². The van der Waals surface area contributed by atoms with Crippen molar-refractivity contribution in [2.45, 2.75) is 98.8 Å². The number of nitrogens with zero attached hydrogens (tertiary/aromatic N) is 3. The van der Waals surface area contributed by atoms with Gasteiger partial charge in [0.25, 0.3) is 16.8 Å². The molecule has 5 amide bonds. The second-order valence-corrected chi connectivity index (χ2v) is 17.3. The van der Waals surface area contributed by atoms with Crippen molar-refractivity contribution in [2.24, 2.45) is 39.7 Å². The smallest absolute Gasteiger partial charge is 0.315 e. The Kier molecular flexibility index (Phi) is 10.1. The molecule has 0 bridgehead atoms. The number of primary amides is 1. The number of likely N-dealkylation sites (tertiary alicyclic amines) is 1. The first-order chi connectivity index (χ1) is 22.4. The van der Waals surface area contributed by atoms with Crippen molar-refractivity contribution in [1.82, 2.24) is 20.9 Å². The summed E-state index contributed by atoms with van der Waals surface area (Å²) in [7, 11) is 5.08. The third-order valence-electron chi connectivity index (χ3n) is 10.8. The van der Waals surface area contributed by atoms with Gasteiger partial charge in [0.2, 0.25) is 17.6 Å². The number of carbonyl (C=O) groups is 5. The number of rotatable bonds is 13. The minimum Gasteiger partial charge on any atom is -0.373 e. The Morgan fingerprint density at radius 3 is 1.96 bits per heavy atom. The van der Waals surface area contributed by atoms with Crippen LogP contribution in [0.1, 0.15) is 74.7 Å². The second kappa shape index (κ2) is 13.1. The number of Topliss-reactive ketones (excluding diaryl/α,β-unsaturated/α-hetero) is 1. The van der Waals surface area contributed by atoms with Crippen LogP contribution in [0.4, 0.5) is 16.2 Å². The van der Waals surface area contributed by atoms with Gasteiger partial charge in [-0.05, 0) is 40.4 Å². The maximum atomic E-state index is 14.4. The second-order valence-electron chi connectivity index (χ2n) is 17.3. The lowest BCUT2D eigenvalue weighted by Gasteiger charge is -2.39. The zero-order chi connectivity index (χ0) is 37.1. The topological polar surface area (TPSA) is 191 Å². The van der Waals surface area contributed by atoms with Crippen molar-refractivity contribution in [2.75, 3.05) is 44.0 Å². The molecule has 4 rings (SSSR count). The van der Waals surface area contributed by atoms with Crippen LogP contribution in [0.15, 0.2) is 9.59 Å². The summed E-state index contributed by atoms with van der Waals surface area (Å²) in [5, 5.41) is 8.64. The lowest BCUT2D eigenvalue weighted by Crippen LogP contribution is -2.62. The zero-order valence-corrected chi connectivity index (χ0v) is 30.9. The number of hydrogen-bond donors (Lipinski definition) is 4. The van der Waals surface area contributed by atoms with E-state index in [0.717, 1.165) is 12.8 Å². The molecule has 0 radical (unpaired) electrons. The van der Waals surface area contributed by atoms with E-state index in [9.17, 15) is 33.6 Å². The van der Waals surface area contributed by atoms with Crippen molar-refractivity contribution in [3.8, 4) is 0 Å². The number of nitrogens with one attached hydrogen (secondary N) is 3. The summed E-state index contributed by atoms with van der Waals surface area (Å²) in [5.74, 6) is -2.76. The minimum atomic E-state index is -1.11. The first-order valence-electron chi connectivity index (χ1n) is 17.1. The van der Waals surface area contributed by atoms with E-state index >= 15 is 0 Å². The van der Waals surface area contributed by atoms with Gasteiger partial charge in [0.1, 0.15) is 23.5 Å². The fourth-order valence-corrected chi connectivity index (χ4v) is 7.34. The van der Waals surface area contributed by atoms with E-state index in [-0.39, 0.29) is 35.4 Å². The molecule has 6 atom stereocenters. The molecule has 14 heteroatoms. The van der Waals surface area contributed by atoms with E-state index in [1.165, 1.54) is 4.90 Å². The Morgan fingerprint density at radius 2 is 1.47 bits per heavy atom. The van der Waals surface area contributed by atoms with Crippen LogP contribution in [-0.2, 0) is 19.2 Å². The highest BCUT2D eigenvalue weighted by atomic mass is 16.2. The van der Waals surface area contributed by atoms with Crippen molar-refractivity contribution >= 4 is 40.9 Å². The van der Waals surface area contributed by atoms with Crippen molar-refractivity contribution < 1.29 is 24.0 Å². The number of ketones is 1. The van der Waals surface area contributed by atoms with E-state index in [1.807, 2.05) is 55.4 Å². The first-order valence-corrected chi connectivity index (χ1v) is 17.1. The Balaban J connectivity index is 1.53. The molecule has 3 aliphatic rings. The Morgan fingerprint density at radius 1 is 0.898 bits per heavy atom. The quantitative estimate of drug-likeness (QED) is 0.217. The molecule has 3 fully saturated rings. The molecule has 14 nitrogen and oxygen atoms in total. The first kappa shape index (κ1) is 37.8. The third kappa shape index (κ3) is 7.62. The minimum absolute atomic E-state index is 0.0543. The monoisotopic (exact) mass is 685 g/mol.